The van der Waals surface area contributed by atoms with Gasteiger partial charge in [-0.25, -0.2) is 0 Å². The van der Waals surface area contributed by atoms with Crippen molar-refractivity contribution >= 4 is 11.8 Å². The van der Waals surface area contributed by atoms with E-state index in [9.17, 15) is 0 Å². The summed E-state index contributed by atoms with van der Waals surface area (Å²) >= 11 is 1.92. The molecule has 0 aliphatic carbocycles. The third-order valence-electron chi connectivity index (χ3n) is 3.26. The van der Waals surface area contributed by atoms with Crippen LogP contribution in [0.3, 0.4) is 0 Å². The Labute approximate surface area is 108 Å². The molecule has 0 fully saturated rings. The summed E-state index contributed by atoms with van der Waals surface area (Å²) in [4.78, 5) is 1.35. The predicted octanol–water partition coefficient (Wildman–Crippen LogP) is 4.21. The number of hydrogen-bond donors (Lipinski definition) is 0. The zero-order chi connectivity index (χ0) is 12.3. The number of benzene rings is 1. The second-order valence-electron chi connectivity index (χ2n) is 4.38. The highest BCUT2D eigenvalue weighted by Gasteiger charge is 2.04. The van der Waals surface area contributed by atoms with Crippen molar-refractivity contribution in [2.75, 3.05) is 5.75 Å². The summed E-state index contributed by atoms with van der Waals surface area (Å²) in [5, 5.41) is 0. The number of rotatable bonds is 4. The van der Waals surface area contributed by atoms with E-state index in [1.165, 1.54) is 21.7 Å². The third-order valence-corrected chi connectivity index (χ3v) is 4.25. The van der Waals surface area contributed by atoms with Crippen LogP contribution in [0, 0.1) is 20.8 Å². The monoisotopic (exact) mass is 245 g/mol. The van der Waals surface area contributed by atoms with Crippen LogP contribution >= 0.6 is 11.8 Å². The standard InChI is InChI=1S/C15H19NS/c1-12-11-16(14(3)13(12)2)9-10-17-15-7-5-4-6-8-15/h4-8,11H,9-10H2,1-3H3. The molecule has 2 aromatic rings. The zero-order valence-corrected chi connectivity index (χ0v) is 11.6. The number of nitrogens with zero attached hydrogens (tertiary/aromatic N) is 1. The molecule has 1 nitrogen and oxygen atoms in total. The fourth-order valence-electron chi connectivity index (χ4n) is 1.94. The first-order chi connectivity index (χ1) is 8.18. The van der Waals surface area contributed by atoms with Gasteiger partial charge in [-0.2, -0.15) is 0 Å². The Hall–Kier alpha value is -1.15. The summed E-state index contributed by atoms with van der Waals surface area (Å²) in [5.41, 5.74) is 4.22. The second kappa shape index (κ2) is 5.46. The Morgan fingerprint density at radius 1 is 1.06 bits per heavy atom. The summed E-state index contributed by atoms with van der Waals surface area (Å²) in [5.74, 6) is 1.12. The van der Waals surface area contributed by atoms with Gasteiger partial charge >= 0.3 is 0 Å². The largest absolute Gasteiger partial charge is 0.350 e. The zero-order valence-electron chi connectivity index (χ0n) is 10.7. The Morgan fingerprint density at radius 3 is 2.35 bits per heavy atom. The van der Waals surface area contributed by atoms with Crippen molar-refractivity contribution in [1.82, 2.24) is 4.57 Å². The summed E-state index contributed by atoms with van der Waals surface area (Å²) < 4.78 is 2.36. The second-order valence-corrected chi connectivity index (χ2v) is 5.55. The van der Waals surface area contributed by atoms with E-state index in [1.54, 1.807) is 0 Å². The number of hydrogen-bond acceptors (Lipinski definition) is 1. The average Bonchev–Trinajstić information content (AvgIpc) is 2.59. The summed E-state index contributed by atoms with van der Waals surface area (Å²) in [6.45, 7) is 7.67. The highest BCUT2D eigenvalue weighted by molar-refractivity contribution is 7.99. The van der Waals surface area contributed by atoms with Gasteiger partial charge in [0, 0.05) is 29.1 Å². The first-order valence-electron chi connectivity index (χ1n) is 5.99. The average molecular weight is 245 g/mol. The van der Waals surface area contributed by atoms with E-state index in [-0.39, 0.29) is 0 Å². The van der Waals surface area contributed by atoms with Crippen molar-refractivity contribution in [3.05, 3.63) is 53.3 Å². The van der Waals surface area contributed by atoms with Crippen LogP contribution < -0.4 is 0 Å². The van der Waals surface area contributed by atoms with Crippen molar-refractivity contribution in [3.8, 4) is 0 Å². The topological polar surface area (TPSA) is 4.93 Å². The van der Waals surface area contributed by atoms with Crippen LogP contribution in [0.15, 0.2) is 41.4 Å². The molecule has 0 saturated heterocycles. The number of aromatic nitrogens is 1. The molecule has 1 aromatic heterocycles. The molecule has 1 aromatic carbocycles. The normalized spacial score (nSPS) is 10.8. The minimum absolute atomic E-state index is 1.08. The molecule has 0 saturated carbocycles. The van der Waals surface area contributed by atoms with Crippen LogP contribution in [0.25, 0.3) is 0 Å². The molecule has 0 bridgehead atoms. The fraction of sp³-hybridized carbons (Fsp3) is 0.333. The lowest BCUT2D eigenvalue weighted by atomic mass is 10.2. The Kier molecular flexibility index (Phi) is 3.95. The van der Waals surface area contributed by atoms with E-state index in [1.807, 2.05) is 11.8 Å². The van der Waals surface area contributed by atoms with Crippen molar-refractivity contribution in [2.24, 2.45) is 0 Å². The highest BCUT2D eigenvalue weighted by Crippen LogP contribution is 2.19. The van der Waals surface area contributed by atoms with Gasteiger partial charge in [-0.3, -0.25) is 0 Å². The summed E-state index contributed by atoms with van der Waals surface area (Å²) in [7, 11) is 0. The SMILES string of the molecule is Cc1cn(CCSc2ccccc2)c(C)c1C. The quantitative estimate of drug-likeness (QED) is 0.731. The molecule has 2 rings (SSSR count). The lowest BCUT2D eigenvalue weighted by Crippen LogP contribution is -2.01. The molecule has 1 heterocycles. The third kappa shape index (κ3) is 2.95. The van der Waals surface area contributed by atoms with Gasteiger partial charge < -0.3 is 4.57 Å². The lowest BCUT2D eigenvalue weighted by molar-refractivity contribution is 0.747. The van der Waals surface area contributed by atoms with Gasteiger partial charge in [0.2, 0.25) is 0 Å². The van der Waals surface area contributed by atoms with Crippen molar-refractivity contribution < 1.29 is 0 Å². The molecule has 0 amide bonds. The molecular weight excluding hydrogens is 226 g/mol. The summed E-state index contributed by atoms with van der Waals surface area (Å²) in [6.07, 6.45) is 2.26. The molecule has 0 unspecified atom stereocenters. The van der Waals surface area contributed by atoms with E-state index in [2.05, 4.69) is 61.9 Å². The van der Waals surface area contributed by atoms with E-state index in [0.29, 0.717) is 0 Å². The first kappa shape index (κ1) is 12.3. The minimum atomic E-state index is 1.08. The Balaban J connectivity index is 1.92. The molecule has 0 atom stereocenters. The van der Waals surface area contributed by atoms with Crippen molar-refractivity contribution in [3.63, 3.8) is 0 Å². The number of aryl methyl sites for hydroxylation is 2. The van der Waals surface area contributed by atoms with E-state index < -0.39 is 0 Å². The number of thioether (sulfide) groups is 1. The maximum Gasteiger partial charge on any atom is 0.0316 e. The molecule has 0 aliphatic heterocycles. The summed E-state index contributed by atoms with van der Waals surface area (Å²) in [6, 6.07) is 10.6. The van der Waals surface area contributed by atoms with Crippen LogP contribution in [0.1, 0.15) is 16.8 Å². The van der Waals surface area contributed by atoms with E-state index in [4.69, 9.17) is 0 Å². The van der Waals surface area contributed by atoms with Crippen LogP contribution in [0.2, 0.25) is 0 Å². The van der Waals surface area contributed by atoms with Gasteiger partial charge in [-0.05, 0) is 44.0 Å². The van der Waals surface area contributed by atoms with Gasteiger partial charge in [0.05, 0.1) is 0 Å². The van der Waals surface area contributed by atoms with Crippen LogP contribution in [0.5, 0.6) is 0 Å². The molecule has 90 valence electrons. The van der Waals surface area contributed by atoms with Crippen LogP contribution in [-0.2, 0) is 6.54 Å². The smallest absolute Gasteiger partial charge is 0.0316 e. The lowest BCUT2D eigenvalue weighted by Gasteiger charge is -2.06. The van der Waals surface area contributed by atoms with Crippen molar-refractivity contribution in [2.45, 2.75) is 32.2 Å². The fourth-order valence-corrected chi connectivity index (χ4v) is 2.81. The van der Waals surface area contributed by atoms with Crippen LogP contribution in [-0.4, -0.2) is 10.3 Å². The Morgan fingerprint density at radius 2 is 1.76 bits per heavy atom. The Bertz CT molecular complexity index is 485. The van der Waals surface area contributed by atoms with Gasteiger partial charge in [0.15, 0.2) is 0 Å². The molecule has 0 aliphatic rings. The molecule has 0 spiro atoms. The van der Waals surface area contributed by atoms with Crippen LogP contribution in [0.4, 0.5) is 0 Å². The first-order valence-corrected chi connectivity index (χ1v) is 6.98. The predicted molar refractivity (Wildman–Crippen MR) is 75.8 cm³/mol. The molecular formula is C15H19NS. The van der Waals surface area contributed by atoms with Crippen molar-refractivity contribution in [1.29, 1.82) is 0 Å². The maximum atomic E-state index is 2.36. The van der Waals surface area contributed by atoms with Gasteiger partial charge in [-0.15, -0.1) is 11.8 Å². The minimum Gasteiger partial charge on any atom is -0.350 e. The van der Waals surface area contributed by atoms with Gasteiger partial charge in [0.1, 0.15) is 0 Å². The van der Waals surface area contributed by atoms with E-state index >= 15 is 0 Å². The van der Waals surface area contributed by atoms with Gasteiger partial charge in [0.25, 0.3) is 0 Å². The maximum absolute atomic E-state index is 2.36. The van der Waals surface area contributed by atoms with Gasteiger partial charge in [-0.1, -0.05) is 18.2 Å². The molecule has 17 heavy (non-hydrogen) atoms. The molecule has 2 heteroatoms. The molecule has 0 N–H and O–H groups in total. The highest BCUT2D eigenvalue weighted by atomic mass is 32.2. The van der Waals surface area contributed by atoms with E-state index in [0.717, 1.165) is 12.3 Å². The molecule has 0 radical (unpaired) electrons.